The number of pyridine rings is 2. The highest BCUT2D eigenvalue weighted by molar-refractivity contribution is 7.98. The Bertz CT molecular complexity index is 1290. The fraction of sp³-hybridized carbons (Fsp3) is 0.227. The van der Waals surface area contributed by atoms with E-state index in [0.29, 0.717) is 29.9 Å². The lowest BCUT2D eigenvalue weighted by molar-refractivity contribution is 0.206. The van der Waals surface area contributed by atoms with E-state index >= 15 is 0 Å². The summed E-state index contributed by atoms with van der Waals surface area (Å²) in [5, 5.41) is 12.0. The number of nitrogen functional groups attached to an aromatic ring is 1. The van der Waals surface area contributed by atoms with E-state index in [1.807, 2.05) is 0 Å². The highest BCUT2D eigenvalue weighted by Gasteiger charge is 2.14. The van der Waals surface area contributed by atoms with Gasteiger partial charge in [-0.25, -0.2) is 23.5 Å². The van der Waals surface area contributed by atoms with Crippen molar-refractivity contribution in [2.45, 2.75) is 12.2 Å². The van der Waals surface area contributed by atoms with E-state index in [2.05, 4.69) is 19.6 Å². The average molecular weight is 528 g/mol. The molecule has 9 nitrogen and oxygen atoms in total. The number of benzene rings is 1. The molecule has 13 heteroatoms. The van der Waals surface area contributed by atoms with Crippen LogP contribution in [0.15, 0.2) is 47.0 Å². The van der Waals surface area contributed by atoms with Gasteiger partial charge in [0, 0.05) is 29.5 Å². The smallest absolute Gasteiger partial charge is 0.437 e. The molecule has 0 aliphatic heterocycles. The molecule has 0 radical (unpaired) electrons. The molecule has 35 heavy (non-hydrogen) atoms. The third-order valence-electron chi connectivity index (χ3n) is 4.63. The first kappa shape index (κ1) is 26.3. The first-order valence-corrected chi connectivity index (χ1v) is 13.0. The predicted molar refractivity (Wildman–Crippen MR) is 133 cm³/mol. The molecule has 0 aliphatic rings. The maximum atomic E-state index is 14.3. The Balaban J connectivity index is 1.62. The molecule has 0 saturated carbocycles. The number of nitrogens with two attached hydrogens (primary N) is 1. The van der Waals surface area contributed by atoms with Crippen LogP contribution in [0.5, 0.6) is 5.75 Å². The second kappa shape index (κ2) is 11.4. The van der Waals surface area contributed by atoms with Crippen LogP contribution in [0.25, 0.3) is 11.1 Å². The largest absolute Gasteiger partial charge is 0.493 e. The molecule has 0 aliphatic carbocycles. The summed E-state index contributed by atoms with van der Waals surface area (Å²) in [4.78, 5) is 18.6. The van der Waals surface area contributed by atoms with Crippen molar-refractivity contribution in [1.29, 1.82) is 0 Å². The Labute approximate surface area is 206 Å². The van der Waals surface area contributed by atoms with Crippen molar-refractivity contribution in [2.75, 3.05) is 30.5 Å². The van der Waals surface area contributed by atoms with Crippen molar-refractivity contribution < 1.29 is 28.0 Å². The van der Waals surface area contributed by atoms with Crippen LogP contribution in [0.2, 0.25) is 5.15 Å². The Kier molecular flexibility index (Phi) is 8.54. The van der Waals surface area contributed by atoms with E-state index in [1.165, 1.54) is 36.6 Å². The topological polar surface area (TPSA) is 143 Å². The quantitative estimate of drug-likeness (QED) is 0.150. The molecular weight excluding hydrogens is 504 g/mol. The number of carboxylic acid groups (broad SMARTS) is 1. The predicted octanol–water partition coefficient (Wildman–Crippen LogP) is 4.89. The number of amides is 1. The van der Waals surface area contributed by atoms with Crippen LogP contribution < -0.4 is 15.8 Å². The number of nitrogens with one attached hydrogen (secondary N) is 1. The van der Waals surface area contributed by atoms with Crippen molar-refractivity contribution in [2.24, 2.45) is 4.36 Å². The van der Waals surface area contributed by atoms with E-state index in [1.54, 1.807) is 6.07 Å². The molecule has 3 rings (SSSR count). The monoisotopic (exact) mass is 527 g/mol. The number of rotatable bonds is 9. The lowest BCUT2D eigenvalue weighted by Gasteiger charge is -2.17. The summed E-state index contributed by atoms with van der Waals surface area (Å²) < 4.78 is 47.3. The van der Waals surface area contributed by atoms with Gasteiger partial charge in [0.1, 0.15) is 34.2 Å². The molecule has 0 unspecified atom stereocenters. The van der Waals surface area contributed by atoms with Crippen molar-refractivity contribution in [1.82, 2.24) is 9.97 Å². The number of aromatic nitrogens is 2. The zero-order chi connectivity index (χ0) is 25.6. The molecule has 5 N–H and O–H groups in total. The van der Waals surface area contributed by atoms with Crippen LogP contribution >= 0.6 is 11.6 Å². The van der Waals surface area contributed by atoms with Crippen LogP contribution in [0.3, 0.4) is 0 Å². The second-order valence-electron chi connectivity index (χ2n) is 7.67. The number of halogens is 3. The molecule has 1 amide bonds. The van der Waals surface area contributed by atoms with Crippen molar-refractivity contribution in [3.63, 3.8) is 0 Å². The van der Waals surface area contributed by atoms with E-state index < -0.39 is 27.8 Å². The lowest BCUT2D eigenvalue weighted by Crippen LogP contribution is -2.14. The third-order valence-corrected chi connectivity index (χ3v) is 6.39. The SMILES string of the molecule is C[SH](O)(Cc1cc(Cl)nc(NCCCOc2cc(F)ccc2-c2cc(N)ncc2F)c1)=NC(=O)O. The van der Waals surface area contributed by atoms with E-state index in [-0.39, 0.29) is 34.6 Å². The molecule has 2 aromatic heterocycles. The van der Waals surface area contributed by atoms with E-state index in [0.717, 1.165) is 6.20 Å². The number of ether oxygens (including phenoxy) is 1. The molecule has 3 aromatic rings. The summed E-state index contributed by atoms with van der Waals surface area (Å²) in [6.07, 6.45) is 1.41. The molecule has 0 spiro atoms. The lowest BCUT2D eigenvalue weighted by atomic mass is 10.0. The van der Waals surface area contributed by atoms with Crippen LogP contribution in [-0.2, 0) is 15.9 Å². The van der Waals surface area contributed by atoms with Crippen LogP contribution in [0.4, 0.5) is 25.2 Å². The Morgan fingerprint density at radius 1 is 1.26 bits per heavy atom. The zero-order valence-corrected chi connectivity index (χ0v) is 20.2. The Hall–Kier alpha value is -3.35. The van der Waals surface area contributed by atoms with Gasteiger partial charge in [-0.05, 0) is 48.6 Å². The summed E-state index contributed by atoms with van der Waals surface area (Å²) in [6, 6.07) is 8.29. The molecule has 1 aromatic carbocycles. The minimum atomic E-state index is -3.05. The highest BCUT2D eigenvalue weighted by Crippen LogP contribution is 2.33. The van der Waals surface area contributed by atoms with E-state index in [9.17, 15) is 18.1 Å². The molecule has 0 atom stereocenters. The van der Waals surface area contributed by atoms with Crippen molar-refractivity contribution in [3.8, 4) is 16.9 Å². The van der Waals surface area contributed by atoms with Crippen LogP contribution in [0.1, 0.15) is 12.0 Å². The third kappa shape index (κ3) is 7.84. The van der Waals surface area contributed by atoms with Gasteiger partial charge in [-0.15, -0.1) is 0 Å². The van der Waals surface area contributed by atoms with Gasteiger partial charge in [-0.3, -0.25) is 0 Å². The maximum Gasteiger partial charge on any atom is 0.437 e. The molecule has 0 bridgehead atoms. The fourth-order valence-electron chi connectivity index (χ4n) is 3.27. The van der Waals surface area contributed by atoms with Gasteiger partial charge < -0.3 is 25.4 Å². The van der Waals surface area contributed by atoms with Gasteiger partial charge in [-0.2, -0.15) is 4.36 Å². The molecule has 0 fully saturated rings. The summed E-state index contributed by atoms with van der Waals surface area (Å²) >= 11 is 6.05. The average Bonchev–Trinajstić information content (AvgIpc) is 2.74. The Morgan fingerprint density at radius 3 is 2.77 bits per heavy atom. The standard InChI is InChI=1S/C22H24ClF2N5O4S/c1-35(33,30-22(31)32)12-13-7-19(23)29-21(8-13)27-5-2-6-34-18-9-14(24)3-4-15(18)16-10-20(26)28-11-17(16)25/h3-4,7-11,35H,2,5-6,12H2,1H3,(H2,26,28)(H,27,29)(H,30,33)(H,31,32). The Morgan fingerprint density at radius 2 is 2.03 bits per heavy atom. The summed E-state index contributed by atoms with van der Waals surface area (Å²) in [6.45, 7) is 0.579. The van der Waals surface area contributed by atoms with Gasteiger partial charge >= 0.3 is 6.09 Å². The van der Waals surface area contributed by atoms with Crippen molar-refractivity contribution >= 4 is 39.4 Å². The first-order chi connectivity index (χ1) is 16.5. The summed E-state index contributed by atoms with van der Waals surface area (Å²) in [7, 11) is -3.05. The number of thiol groups is 1. The van der Waals surface area contributed by atoms with Gasteiger partial charge in [-0.1, -0.05) is 21.7 Å². The van der Waals surface area contributed by atoms with Gasteiger partial charge in [0.2, 0.25) is 0 Å². The number of hydrogen-bond acceptors (Lipinski definition) is 6. The number of nitrogens with zero attached hydrogens (tertiary/aromatic N) is 3. The fourth-order valence-corrected chi connectivity index (χ4v) is 4.81. The van der Waals surface area contributed by atoms with Gasteiger partial charge in [0.15, 0.2) is 0 Å². The number of hydrogen-bond donors (Lipinski definition) is 5. The number of carbonyl (C=O) groups is 1. The first-order valence-electron chi connectivity index (χ1n) is 10.3. The van der Waals surface area contributed by atoms with Crippen LogP contribution in [-0.4, -0.2) is 45.1 Å². The van der Waals surface area contributed by atoms with Crippen molar-refractivity contribution in [3.05, 3.63) is 64.9 Å². The highest BCUT2D eigenvalue weighted by atomic mass is 35.5. The molecule has 188 valence electrons. The minimum absolute atomic E-state index is 0.0256. The van der Waals surface area contributed by atoms with E-state index in [4.69, 9.17) is 27.2 Å². The zero-order valence-electron chi connectivity index (χ0n) is 18.6. The summed E-state index contributed by atoms with van der Waals surface area (Å²) in [5.41, 5.74) is 6.72. The second-order valence-corrected chi connectivity index (χ2v) is 10.8. The maximum absolute atomic E-state index is 14.3. The molecular formula is C22H24ClF2N5O4S. The van der Waals surface area contributed by atoms with Gasteiger partial charge in [0.05, 0.1) is 12.8 Å². The van der Waals surface area contributed by atoms with Crippen LogP contribution in [0, 0.1) is 11.6 Å². The number of anilines is 2. The normalized spacial score (nSPS) is 11.7. The van der Waals surface area contributed by atoms with Gasteiger partial charge in [0.25, 0.3) is 0 Å². The molecule has 2 heterocycles. The summed E-state index contributed by atoms with van der Waals surface area (Å²) in [5.74, 6) is -0.423. The molecule has 0 saturated heterocycles. The minimum Gasteiger partial charge on any atom is -0.493 e.